The summed E-state index contributed by atoms with van der Waals surface area (Å²) in [6.07, 6.45) is 0.166. The second kappa shape index (κ2) is 5.50. The van der Waals surface area contributed by atoms with Gasteiger partial charge in [0.25, 0.3) is 5.91 Å². The lowest BCUT2D eigenvalue weighted by atomic mass is 10.1. The lowest BCUT2D eigenvalue weighted by Gasteiger charge is -2.14. The van der Waals surface area contributed by atoms with E-state index < -0.39 is 6.10 Å². The van der Waals surface area contributed by atoms with E-state index in [0.29, 0.717) is 11.3 Å². The predicted octanol–water partition coefficient (Wildman–Crippen LogP) is 2.79. The number of hydrogen-bond acceptors (Lipinski definition) is 3. The molecule has 1 aromatic heterocycles. The number of fused-ring (bicyclic) bond motifs is 1. The van der Waals surface area contributed by atoms with Gasteiger partial charge in [0.1, 0.15) is 0 Å². The number of rotatable bonds is 4. The zero-order valence-electron chi connectivity index (χ0n) is 10.5. The summed E-state index contributed by atoms with van der Waals surface area (Å²) in [5.41, 5.74) is 0. The first-order valence-electron chi connectivity index (χ1n) is 6.04. The van der Waals surface area contributed by atoms with E-state index >= 15 is 0 Å². The van der Waals surface area contributed by atoms with Crippen LogP contribution in [0, 0.1) is 0 Å². The number of thiophene rings is 1. The fourth-order valence-electron chi connectivity index (χ4n) is 1.96. The molecule has 96 valence electrons. The van der Waals surface area contributed by atoms with Gasteiger partial charge in [0.2, 0.25) is 0 Å². The van der Waals surface area contributed by atoms with E-state index in [1.165, 1.54) is 11.3 Å². The molecule has 0 saturated heterocycles. The van der Waals surface area contributed by atoms with Crippen molar-refractivity contribution in [2.24, 2.45) is 0 Å². The molecule has 0 aliphatic carbocycles. The molecule has 0 aliphatic heterocycles. The van der Waals surface area contributed by atoms with Gasteiger partial charge in [-0.2, -0.15) is 0 Å². The molecule has 0 bridgehead atoms. The Morgan fingerprint density at radius 2 is 2.11 bits per heavy atom. The van der Waals surface area contributed by atoms with Gasteiger partial charge in [-0.25, -0.2) is 0 Å². The van der Waals surface area contributed by atoms with Gasteiger partial charge < -0.3 is 10.4 Å². The second-order valence-corrected chi connectivity index (χ2v) is 5.69. The van der Waals surface area contributed by atoms with Crippen LogP contribution in [0.1, 0.15) is 29.9 Å². The van der Waals surface area contributed by atoms with Gasteiger partial charge in [0.05, 0.1) is 11.0 Å². The number of hydrogen-bond donors (Lipinski definition) is 2. The number of carbonyl (C=O) groups is 1. The van der Waals surface area contributed by atoms with Crippen LogP contribution in [-0.4, -0.2) is 23.2 Å². The molecule has 2 unspecified atom stereocenters. The van der Waals surface area contributed by atoms with Crippen molar-refractivity contribution in [2.75, 3.05) is 0 Å². The Balaban J connectivity index is 2.09. The lowest BCUT2D eigenvalue weighted by Crippen LogP contribution is -2.34. The molecular formula is C14H17NO2S. The van der Waals surface area contributed by atoms with E-state index in [2.05, 4.69) is 5.32 Å². The second-order valence-electron chi connectivity index (χ2n) is 4.61. The van der Waals surface area contributed by atoms with Crippen LogP contribution in [0.2, 0.25) is 0 Å². The molecule has 0 aliphatic rings. The highest BCUT2D eigenvalue weighted by atomic mass is 32.1. The van der Waals surface area contributed by atoms with Crippen LogP contribution in [0.25, 0.3) is 10.1 Å². The van der Waals surface area contributed by atoms with Crippen LogP contribution in [0.4, 0.5) is 0 Å². The van der Waals surface area contributed by atoms with E-state index in [9.17, 15) is 9.90 Å². The molecule has 0 saturated carbocycles. The summed E-state index contributed by atoms with van der Waals surface area (Å²) in [5.74, 6) is -0.0654. The average molecular weight is 263 g/mol. The van der Waals surface area contributed by atoms with Crippen molar-refractivity contribution >= 4 is 27.3 Å². The Hall–Kier alpha value is -1.39. The van der Waals surface area contributed by atoms with Crippen LogP contribution in [0.3, 0.4) is 0 Å². The van der Waals surface area contributed by atoms with Gasteiger partial charge in [0.15, 0.2) is 0 Å². The molecule has 18 heavy (non-hydrogen) atoms. The first-order chi connectivity index (χ1) is 8.56. The molecule has 4 heteroatoms. The Labute approximate surface area is 110 Å². The largest absolute Gasteiger partial charge is 0.393 e. The highest BCUT2D eigenvalue weighted by molar-refractivity contribution is 7.20. The SMILES string of the molecule is CC(O)CC(C)NC(=O)c1cc2ccccc2s1. The van der Waals surface area contributed by atoms with Gasteiger partial charge in [-0.1, -0.05) is 18.2 Å². The molecule has 2 atom stereocenters. The van der Waals surface area contributed by atoms with Gasteiger partial charge in [-0.15, -0.1) is 11.3 Å². The van der Waals surface area contributed by atoms with E-state index in [4.69, 9.17) is 0 Å². The summed E-state index contributed by atoms with van der Waals surface area (Å²) in [7, 11) is 0. The van der Waals surface area contributed by atoms with Crippen molar-refractivity contribution in [1.29, 1.82) is 0 Å². The molecule has 3 nitrogen and oxygen atoms in total. The van der Waals surface area contributed by atoms with Crippen LogP contribution in [0.15, 0.2) is 30.3 Å². The highest BCUT2D eigenvalue weighted by Crippen LogP contribution is 2.25. The van der Waals surface area contributed by atoms with Crippen LogP contribution in [0.5, 0.6) is 0 Å². The van der Waals surface area contributed by atoms with E-state index in [-0.39, 0.29) is 11.9 Å². The highest BCUT2D eigenvalue weighted by Gasteiger charge is 2.13. The third-order valence-corrected chi connectivity index (χ3v) is 3.84. The van der Waals surface area contributed by atoms with E-state index in [1.54, 1.807) is 6.92 Å². The van der Waals surface area contributed by atoms with Crippen molar-refractivity contribution in [3.05, 3.63) is 35.2 Å². The van der Waals surface area contributed by atoms with Crippen LogP contribution >= 0.6 is 11.3 Å². The Morgan fingerprint density at radius 1 is 1.39 bits per heavy atom. The molecular weight excluding hydrogens is 246 g/mol. The van der Waals surface area contributed by atoms with Gasteiger partial charge in [-0.3, -0.25) is 4.79 Å². The van der Waals surface area contributed by atoms with Crippen molar-refractivity contribution in [1.82, 2.24) is 5.32 Å². The molecule has 2 aromatic rings. The fourth-order valence-corrected chi connectivity index (χ4v) is 2.93. The van der Waals surface area contributed by atoms with Crippen LogP contribution < -0.4 is 5.32 Å². The third-order valence-electron chi connectivity index (χ3n) is 2.72. The van der Waals surface area contributed by atoms with Crippen LogP contribution in [-0.2, 0) is 0 Å². The van der Waals surface area contributed by atoms with Gasteiger partial charge in [-0.05, 0) is 37.8 Å². The maximum atomic E-state index is 12.0. The van der Waals surface area contributed by atoms with E-state index in [1.807, 2.05) is 37.3 Å². The number of carbonyl (C=O) groups excluding carboxylic acids is 1. The molecule has 1 heterocycles. The monoisotopic (exact) mass is 263 g/mol. The maximum absolute atomic E-state index is 12.0. The summed E-state index contributed by atoms with van der Waals surface area (Å²) >= 11 is 1.49. The lowest BCUT2D eigenvalue weighted by molar-refractivity contribution is 0.0927. The maximum Gasteiger partial charge on any atom is 0.261 e. The standard InChI is InChI=1S/C14H17NO2S/c1-9(7-10(2)16)15-14(17)13-8-11-5-3-4-6-12(11)18-13/h3-6,8-10,16H,7H2,1-2H3,(H,15,17). The third kappa shape index (κ3) is 3.09. The number of nitrogens with one attached hydrogen (secondary N) is 1. The van der Waals surface area contributed by atoms with Gasteiger partial charge in [0, 0.05) is 10.7 Å². The quantitative estimate of drug-likeness (QED) is 0.891. The summed E-state index contributed by atoms with van der Waals surface area (Å²) in [6, 6.07) is 9.83. The van der Waals surface area contributed by atoms with Crippen molar-refractivity contribution in [3.63, 3.8) is 0 Å². The summed E-state index contributed by atoms with van der Waals surface area (Å²) < 4.78 is 1.12. The van der Waals surface area contributed by atoms with Crippen molar-refractivity contribution < 1.29 is 9.90 Å². The Bertz CT molecular complexity index is 514. The van der Waals surface area contributed by atoms with Gasteiger partial charge >= 0.3 is 0 Å². The number of aliphatic hydroxyl groups is 1. The minimum atomic E-state index is -0.400. The molecule has 0 radical (unpaired) electrons. The zero-order valence-corrected chi connectivity index (χ0v) is 11.3. The molecule has 1 aromatic carbocycles. The first-order valence-corrected chi connectivity index (χ1v) is 6.85. The summed E-state index contributed by atoms with van der Waals surface area (Å²) in [5, 5.41) is 13.3. The van der Waals surface area contributed by atoms with E-state index in [0.717, 1.165) is 10.1 Å². The summed E-state index contributed by atoms with van der Waals surface area (Å²) in [6.45, 7) is 3.63. The number of aliphatic hydroxyl groups excluding tert-OH is 1. The normalized spacial score (nSPS) is 14.4. The number of amides is 1. The average Bonchev–Trinajstić information content (AvgIpc) is 2.71. The first kappa shape index (κ1) is 13.1. The molecule has 2 N–H and O–H groups in total. The molecule has 1 amide bonds. The number of benzene rings is 1. The summed E-state index contributed by atoms with van der Waals surface area (Å²) in [4.78, 5) is 12.7. The Kier molecular flexibility index (Phi) is 3.99. The molecule has 2 rings (SSSR count). The Morgan fingerprint density at radius 3 is 2.78 bits per heavy atom. The smallest absolute Gasteiger partial charge is 0.261 e. The fraction of sp³-hybridized carbons (Fsp3) is 0.357. The topological polar surface area (TPSA) is 49.3 Å². The zero-order chi connectivity index (χ0) is 13.1. The molecule has 0 fully saturated rings. The predicted molar refractivity (Wildman–Crippen MR) is 75.1 cm³/mol. The minimum absolute atomic E-state index is 0.0253. The minimum Gasteiger partial charge on any atom is -0.393 e. The van der Waals surface area contributed by atoms with Crippen molar-refractivity contribution in [3.8, 4) is 0 Å². The molecule has 0 spiro atoms. The van der Waals surface area contributed by atoms with Crippen molar-refractivity contribution in [2.45, 2.75) is 32.4 Å².